The fourth-order valence-electron chi connectivity index (χ4n) is 3.84. The van der Waals surface area contributed by atoms with Crippen LogP contribution in [0.4, 0.5) is 11.4 Å². The van der Waals surface area contributed by atoms with Crippen LogP contribution < -0.4 is 5.32 Å². The van der Waals surface area contributed by atoms with E-state index in [2.05, 4.69) is 10.3 Å². The number of thiazole rings is 1. The van der Waals surface area contributed by atoms with E-state index < -0.39 is 0 Å². The molecule has 0 radical (unpaired) electrons. The van der Waals surface area contributed by atoms with Gasteiger partial charge in [0.2, 0.25) is 0 Å². The molecule has 2 bridgehead atoms. The zero-order valence-corrected chi connectivity index (χ0v) is 11.7. The molecule has 0 spiro atoms. The molecule has 2 fully saturated rings. The highest BCUT2D eigenvalue weighted by molar-refractivity contribution is 7.16. The molecule has 5 nitrogen and oxygen atoms in total. The maximum atomic E-state index is 11.4. The Labute approximate surface area is 120 Å². The zero-order chi connectivity index (χ0) is 13.7. The first-order chi connectivity index (χ1) is 9.72. The molecule has 2 aliphatic carbocycles. The van der Waals surface area contributed by atoms with Gasteiger partial charge in [-0.15, -0.1) is 11.3 Å². The average Bonchev–Trinajstić information content (AvgIpc) is 3.13. The van der Waals surface area contributed by atoms with Crippen LogP contribution in [0.15, 0.2) is 17.6 Å². The highest BCUT2D eigenvalue weighted by Crippen LogP contribution is 2.46. The topological polar surface area (TPSA) is 68.1 Å². The van der Waals surface area contributed by atoms with Gasteiger partial charge in [0, 0.05) is 6.04 Å². The molecular weight excluding hydrogens is 274 g/mol. The Morgan fingerprint density at radius 1 is 1.35 bits per heavy atom. The minimum Gasteiger partial charge on any atom is -0.376 e. The number of nitrogens with zero attached hydrogens (tertiary/aromatic N) is 2. The number of fused-ring (bicyclic) bond motifs is 3. The fourth-order valence-corrected chi connectivity index (χ4v) is 4.52. The van der Waals surface area contributed by atoms with E-state index in [9.17, 15) is 10.1 Å². The smallest absolute Gasteiger partial charge is 0.319 e. The molecule has 2 saturated carbocycles. The van der Waals surface area contributed by atoms with E-state index in [0.29, 0.717) is 23.2 Å². The van der Waals surface area contributed by atoms with E-state index in [0.717, 1.165) is 17.0 Å². The molecular formula is C14H15N3O2S. The molecule has 6 heteroatoms. The van der Waals surface area contributed by atoms with Gasteiger partial charge in [0.1, 0.15) is 5.69 Å². The van der Waals surface area contributed by atoms with Crippen LogP contribution in [0.5, 0.6) is 0 Å². The van der Waals surface area contributed by atoms with E-state index in [4.69, 9.17) is 0 Å². The molecule has 0 amide bonds. The molecule has 4 rings (SSSR count). The average molecular weight is 289 g/mol. The first-order valence-electron chi connectivity index (χ1n) is 6.99. The molecule has 0 saturated heterocycles. The third kappa shape index (κ3) is 1.78. The predicted molar refractivity (Wildman–Crippen MR) is 79.1 cm³/mol. The summed E-state index contributed by atoms with van der Waals surface area (Å²) < 4.78 is 0.871. The Balaban J connectivity index is 1.72. The molecule has 1 heterocycles. The molecule has 0 aliphatic heterocycles. The van der Waals surface area contributed by atoms with Crippen molar-refractivity contribution in [3.63, 3.8) is 0 Å². The summed E-state index contributed by atoms with van der Waals surface area (Å²) in [7, 11) is 0. The highest BCUT2D eigenvalue weighted by atomic mass is 32.1. The van der Waals surface area contributed by atoms with Crippen LogP contribution in [-0.4, -0.2) is 15.9 Å². The van der Waals surface area contributed by atoms with E-state index in [1.807, 2.05) is 12.1 Å². The number of anilines is 1. The first kappa shape index (κ1) is 12.1. The number of nitrogens with one attached hydrogen (secondary N) is 1. The maximum Gasteiger partial charge on any atom is 0.319 e. The second-order valence-corrected chi connectivity index (χ2v) is 6.73. The Morgan fingerprint density at radius 2 is 2.25 bits per heavy atom. The van der Waals surface area contributed by atoms with Gasteiger partial charge in [0.25, 0.3) is 0 Å². The number of rotatable bonds is 3. The molecule has 20 heavy (non-hydrogen) atoms. The number of benzene rings is 1. The van der Waals surface area contributed by atoms with Crippen LogP contribution in [0.2, 0.25) is 0 Å². The molecule has 1 aromatic heterocycles. The summed E-state index contributed by atoms with van der Waals surface area (Å²) in [6, 6.07) is 4.16. The van der Waals surface area contributed by atoms with Crippen molar-refractivity contribution < 1.29 is 4.92 Å². The standard InChI is InChI=1S/C14H15N3O2S/c18-17(19)14-10(3-4-12-13(14)15-7-20-12)16-11-6-8-1-2-9(11)5-8/h3-4,7-9,11,16H,1-2,5-6H2. The second kappa shape index (κ2) is 4.41. The van der Waals surface area contributed by atoms with E-state index >= 15 is 0 Å². The monoisotopic (exact) mass is 289 g/mol. The molecule has 1 N–H and O–H groups in total. The SMILES string of the molecule is O=[N+]([O-])c1c(NC2CC3CCC2C3)ccc2scnc12. The zero-order valence-electron chi connectivity index (χ0n) is 10.9. The van der Waals surface area contributed by atoms with Crippen molar-refractivity contribution in [2.75, 3.05) is 5.32 Å². The Bertz CT molecular complexity index is 684. The van der Waals surface area contributed by atoms with Crippen molar-refractivity contribution in [1.29, 1.82) is 0 Å². The Kier molecular flexibility index (Phi) is 2.66. The van der Waals surface area contributed by atoms with Crippen LogP contribution in [-0.2, 0) is 0 Å². The number of nitro groups is 1. The molecule has 104 valence electrons. The lowest BCUT2D eigenvalue weighted by Gasteiger charge is -2.23. The highest BCUT2D eigenvalue weighted by Gasteiger charge is 2.40. The van der Waals surface area contributed by atoms with Gasteiger partial charge in [0.15, 0.2) is 5.52 Å². The minimum atomic E-state index is -0.308. The fraction of sp³-hybridized carbons (Fsp3) is 0.500. The molecule has 2 aliphatic rings. The van der Waals surface area contributed by atoms with E-state index in [1.54, 1.807) is 5.51 Å². The number of hydrogen-bond donors (Lipinski definition) is 1. The second-order valence-electron chi connectivity index (χ2n) is 5.84. The lowest BCUT2D eigenvalue weighted by atomic mass is 9.95. The van der Waals surface area contributed by atoms with Crippen molar-refractivity contribution in [2.45, 2.75) is 31.7 Å². The molecule has 2 aromatic rings. The maximum absolute atomic E-state index is 11.4. The quantitative estimate of drug-likeness (QED) is 0.689. The summed E-state index contributed by atoms with van der Waals surface area (Å²) in [6.45, 7) is 0. The van der Waals surface area contributed by atoms with E-state index in [1.165, 1.54) is 30.6 Å². The van der Waals surface area contributed by atoms with Gasteiger partial charge in [-0.05, 0) is 43.2 Å². The summed E-state index contributed by atoms with van der Waals surface area (Å²) >= 11 is 1.44. The van der Waals surface area contributed by atoms with Crippen LogP contribution >= 0.6 is 11.3 Å². The van der Waals surface area contributed by atoms with Crippen molar-refractivity contribution in [1.82, 2.24) is 4.98 Å². The van der Waals surface area contributed by atoms with Gasteiger partial charge >= 0.3 is 5.69 Å². The van der Waals surface area contributed by atoms with Gasteiger partial charge in [0.05, 0.1) is 15.1 Å². The summed E-state index contributed by atoms with van der Waals surface area (Å²) in [4.78, 5) is 15.2. The summed E-state index contributed by atoms with van der Waals surface area (Å²) in [5.74, 6) is 1.50. The van der Waals surface area contributed by atoms with Crippen molar-refractivity contribution >= 4 is 32.9 Å². The summed E-state index contributed by atoms with van der Waals surface area (Å²) in [5, 5.41) is 14.8. The number of nitro benzene ring substituents is 1. The predicted octanol–water partition coefficient (Wildman–Crippen LogP) is 3.81. The van der Waals surface area contributed by atoms with Gasteiger partial charge in [-0.25, -0.2) is 4.98 Å². The Hall–Kier alpha value is -1.69. The van der Waals surface area contributed by atoms with Crippen LogP contribution in [0.25, 0.3) is 10.2 Å². The number of aromatic nitrogens is 1. The largest absolute Gasteiger partial charge is 0.376 e. The van der Waals surface area contributed by atoms with Crippen LogP contribution in [0, 0.1) is 22.0 Å². The van der Waals surface area contributed by atoms with Crippen molar-refractivity contribution in [3.8, 4) is 0 Å². The molecule has 3 atom stereocenters. The van der Waals surface area contributed by atoms with Gasteiger partial charge in [-0.3, -0.25) is 10.1 Å². The van der Waals surface area contributed by atoms with Crippen LogP contribution in [0.3, 0.4) is 0 Å². The lowest BCUT2D eigenvalue weighted by Crippen LogP contribution is -2.26. The van der Waals surface area contributed by atoms with Crippen molar-refractivity contribution in [3.05, 3.63) is 27.8 Å². The van der Waals surface area contributed by atoms with Crippen LogP contribution in [0.1, 0.15) is 25.7 Å². The van der Waals surface area contributed by atoms with E-state index in [-0.39, 0.29) is 10.6 Å². The normalized spacial score (nSPS) is 28.1. The first-order valence-corrected chi connectivity index (χ1v) is 7.87. The van der Waals surface area contributed by atoms with Gasteiger partial charge in [-0.1, -0.05) is 6.42 Å². The summed E-state index contributed by atoms with van der Waals surface area (Å²) in [6.07, 6.45) is 5.02. The van der Waals surface area contributed by atoms with Gasteiger partial charge < -0.3 is 5.32 Å². The summed E-state index contributed by atoms with van der Waals surface area (Å²) in [5.41, 5.74) is 2.93. The number of hydrogen-bond acceptors (Lipinski definition) is 5. The Morgan fingerprint density at radius 3 is 2.95 bits per heavy atom. The third-order valence-electron chi connectivity index (χ3n) is 4.74. The minimum absolute atomic E-state index is 0.131. The molecule has 3 unspecified atom stereocenters. The van der Waals surface area contributed by atoms with Crippen molar-refractivity contribution in [2.24, 2.45) is 11.8 Å². The van der Waals surface area contributed by atoms with Gasteiger partial charge in [-0.2, -0.15) is 0 Å². The lowest BCUT2D eigenvalue weighted by molar-refractivity contribution is -0.382. The molecule has 1 aromatic carbocycles. The third-order valence-corrected chi connectivity index (χ3v) is 5.53.